The summed E-state index contributed by atoms with van der Waals surface area (Å²) in [7, 11) is 0. The first-order valence-electron chi connectivity index (χ1n) is 10.1. The fraction of sp³-hybridized carbons (Fsp3) is 0.625. The van der Waals surface area contributed by atoms with Crippen LogP contribution in [-0.4, -0.2) is 9.78 Å². The average Bonchev–Trinajstić information content (AvgIpc) is 2.98. The molecular formula is C24H38N2. The maximum absolute atomic E-state index is 4.98. The van der Waals surface area contributed by atoms with Gasteiger partial charge in [0, 0.05) is 18.2 Å². The Bertz CT molecular complexity index is 723. The molecule has 0 radical (unpaired) electrons. The van der Waals surface area contributed by atoms with Crippen molar-refractivity contribution >= 4 is 0 Å². The van der Waals surface area contributed by atoms with E-state index in [-0.39, 0.29) is 10.8 Å². The highest BCUT2D eigenvalue weighted by molar-refractivity contribution is 5.34. The highest BCUT2D eigenvalue weighted by atomic mass is 15.3. The second-order valence-electron chi connectivity index (χ2n) is 10.1. The lowest BCUT2D eigenvalue weighted by atomic mass is 9.80. The van der Waals surface area contributed by atoms with Crippen LogP contribution in [0.5, 0.6) is 0 Å². The van der Waals surface area contributed by atoms with Crippen molar-refractivity contribution in [3.63, 3.8) is 0 Å². The molecule has 1 atom stereocenters. The molecule has 2 rings (SSSR count). The number of aryl methyl sites for hydroxylation is 1. The van der Waals surface area contributed by atoms with Crippen molar-refractivity contribution in [3.05, 3.63) is 52.8 Å². The molecule has 2 heteroatoms. The van der Waals surface area contributed by atoms with Crippen molar-refractivity contribution in [2.24, 2.45) is 0 Å². The van der Waals surface area contributed by atoms with E-state index in [1.165, 1.54) is 22.4 Å². The quantitative estimate of drug-likeness (QED) is 0.577. The van der Waals surface area contributed by atoms with Crippen molar-refractivity contribution in [1.82, 2.24) is 9.78 Å². The standard InChI is InChI=1S/C24H38N2/c1-17(2)26-16-21(24(7,8)9)22(25-26)18(3)14-15-19-12-10-11-13-20(19)23(4,5)6/h10-13,16-18H,14-15H2,1-9H3/t18-/m0/s1. The highest BCUT2D eigenvalue weighted by Crippen LogP contribution is 2.34. The largest absolute Gasteiger partial charge is 0.270 e. The number of hydrogen-bond donors (Lipinski definition) is 0. The molecule has 2 nitrogen and oxygen atoms in total. The van der Waals surface area contributed by atoms with Crippen LogP contribution in [0.25, 0.3) is 0 Å². The van der Waals surface area contributed by atoms with Gasteiger partial charge >= 0.3 is 0 Å². The summed E-state index contributed by atoms with van der Waals surface area (Å²) < 4.78 is 2.13. The van der Waals surface area contributed by atoms with Gasteiger partial charge in [0.2, 0.25) is 0 Å². The van der Waals surface area contributed by atoms with Crippen LogP contribution in [0.2, 0.25) is 0 Å². The number of nitrogens with zero attached hydrogens (tertiary/aromatic N) is 2. The SMILES string of the molecule is CC(C)n1cc(C(C)(C)C)c([C@@H](C)CCc2ccccc2C(C)(C)C)n1. The van der Waals surface area contributed by atoms with E-state index in [1.54, 1.807) is 0 Å². The lowest BCUT2D eigenvalue weighted by molar-refractivity contribution is 0.516. The molecule has 0 aliphatic carbocycles. The number of aromatic nitrogens is 2. The summed E-state index contributed by atoms with van der Waals surface area (Å²) in [6.45, 7) is 20.5. The Labute approximate surface area is 161 Å². The molecule has 144 valence electrons. The topological polar surface area (TPSA) is 17.8 Å². The molecule has 0 aliphatic rings. The average molecular weight is 355 g/mol. The Morgan fingerprint density at radius 1 is 0.885 bits per heavy atom. The van der Waals surface area contributed by atoms with Gasteiger partial charge in [-0.1, -0.05) is 72.7 Å². The van der Waals surface area contributed by atoms with Gasteiger partial charge in [-0.25, -0.2) is 0 Å². The molecule has 0 saturated carbocycles. The van der Waals surface area contributed by atoms with Crippen LogP contribution in [0.15, 0.2) is 30.5 Å². The molecule has 1 aromatic carbocycles. The third-order valence-corrected chi connectivity index (χ3v) is 5.24. The molecule has 0 aliphatic heterocycles. The zero-order chi connectivity index (χ0) is 19.7. The number of benzene rings is 1. The van der Waals surface area contributed by atoms with E-state index < -0.39 is 0 Å². The van der Waals surface area contributed by atoms with E-state index in [1.807, 2.05) is 0 Å². The van der Waals surface area contributed by atoms with Gasteiger partial charge in [-0.05, 0) is 54.2 Å². The zero-order valence-electron chi connectivity index (χ0n) is 18.4. The van der Waals surface area contributed by atoms with E-state index in [4.69, 9.17) is 5.10 Å². The monoisotopic (exact) mass is 354 g/mol. The maximum atomic E-state index is 4.98. The van der Waals surface area contributed by atoms with Gasteiger partial charge in [-0.3, -0.25) is 4.68 Å². The van der Waals surface area contributed by atoms with Gasteiger partial charge in [-0.2, -0.15) is 5.10 Å². The Kier molecular flexibility index (Phi) is 6.05. The summed E-state index contributed by atoms with van der Waals surface area (Å²) in [5, 5.41) is 4.98. The first-order valence-corrected chi connectivity index (χ1v) is 10.1. The summed E-state index contributed by atoms with van der Waals surface area (Å²) in [5.41, 5.74) is 5.93. The third kappa shape index (κ3) is 4.78. The Morgan fingerprint density at radius 2 is 1.46 bits per heavy atom. The Balaban J connectivity index is 2.25. The molecule has 1 aromatic heterocycles. The van der Waals surface area contributed by atoms with Crippen molar-refractivity contribution < 1.29 is 0 Å². The second kappa shape index (κ2) is 7.58. The maximum Gasteiger partial charge on any atom is 0.0690 e. The second-order valence-corrected chi connectivity index (χ2v) is 10.1. The van der Waals surface area contributed by atoms with Crippen LogP contribution in [0.3, 0.4) is 0 Å². The molecule has 0 spiro atoms. The summed E-state index contributed by atoms with van der Waals surface area (Å²) in [5.74, 6) is 0.456. The number of rotatable bonds is 5. The minimum Gasteiger partial charge on any atom is -0.270 e. The molecule has 0 bridgehead atoms. The molecular weight excluding hydrogens is 316 g/mol. The number of hydrogen-bond acceptors (Lipinski definition) is 1. The smallest absolute Gasteiger partial charge is 0.0690 e. The van der Waals surface area contributed by atoms with E-state index in [0.717, 1.165) is 12.8 Å². The van der Waals surface area contributed by atoms with Gasteiger partial charge in [-0.15, -0.1) is 0 Å². The molecule has 0 fully saturated rings. The lowest BCUT2D eigenvalue weighted by Gasteiger charge is -2.24. The fourth-order valence-corrected chi connectivity index (χ4v) is 3.59. The van der Waals surface area contributed by atoms with Gasteiger partial charge in [0.25, 0.3) is 0 Å². The highest BCUT2D eigenvalue weighted by Gasteiger charge is 2.26. The molecule has 0 unspecified atom stereocenters. The predicted molar refractivity (Wildman–Crippen MR) is 113 cm³/mol. The molecule has 0 saturated heterocycles. The van der Waals surface area contributed by atoms with Crippen molar-refractivity contribution in [2.45, 2.75) is 97.9 Å². The third-order valence-electron chi connectivity index (χ3n) is 5.24. The first kappa shape index (κ1) is 20.7. The summed E-state index contributed by atoms with van der Waals surface area (Å²) in [6, 6.07) is 9.32. The fourth-order valence-electron chi connectivity index (χ4n) is 3.59. The zero-order valence-corrected chi connectivity index (χ0v) is 18.4. The van der Waals surface area contributed by atoms with E-state index in [2.05, 4.69) is 97.5 Å². The summed E-state index contributed by atoms with van der Waals surface area (Å²) >= 11 is 0. The van der Waals surface area contributed by atoms with Crippen LogP contribution < -0.4 is 0 Å². The van der Waals surface area contributed by atoms with E-state index >= 15 is 0 Å². The van der Waals surface area contributed by atoms with Crippen molar-refractivity contribution in [3.8, 4) is 0 Å². The van der Waals surface area contributed by atoms with Crippen LogP contribution in [0.1, 0.15) is 103 Å². The van der Waals surface area contributed by atoms with Crippen LogP contribution >= 0.6 is 0 Å². The normalized spacial score (nSPS) is 14.1. The predicted octanol–water partition coefficient (Wildman–Crippen LogP) is 6.80. The minimum absolute atomic E-state index is 0.125. The molecule has 0 amide bonds. The Morgan fingerprint density at radius 3 is 2.00 bits per heavy atom. The van der Waals surface area contributed by atoms with E-state index in [9.17, 15) is 0 Å². The van der Waals surface area contributed by atoms with Crippen LogP contribution in [0, 0.1) is 0 Å². The van der Waals surface area contributed by atoms with Gasteiger partial charge in [0.05, 0.1) is 5.69 Å². The van der Waals surface area contributed by atoms with Crippen molar-refractivity contribution in [2.75, 3.05) is 0 Å². The summed E-state index contributed by atoms with van der Waals surface area (Å²) in [4.78, 5) is 0. The Hall–Kier alpha value is -1.57. The molecule has 0 N–H and O–H groups in total. The van der Waals surface area contributed by atoms with Gasteiger partial charge < -0.3 is 0 Å². The van der Waals surface area contributed by atoms with Crippen LogP contribution in [-0.2, 0) is 17.3 Å². The van der Waals surface area contributed by atoms with E-state index in [0.29, 0.717) is 12.0 Å². The first-order chi connectivity index (χ1) is 11.9. The minimum atomic E-state index is 0.125. The van der Waals surface area contributed by atoms with Crippen molar-refractivity contribution in [1.29, 1.82) is 0 Å². The lowest BCUT2D eigenvalue weighted by Crippen LogP contribution is -2.16. The van der Waals surface area contributed by atoms with Gasteiger partial charge in [0.1, 0.15) is 0 Å². The van der Waals surface area contributed by atoms with Gasteiger partial charge in [0.15, 0.2) is 0 Å². The molecule has 2 aromatic rings. The van der Waals surface area contributed by atoms with Crippen LogP contribution in [0.4, 0.5) is 0 Å². The molecule has 26 heavy (non-hydrogen) atoms. The summed E-state index contributed by atoms with van der Waals surface area (Å²) in [6.07, 6.45) is 4.50. The molecule has 1 heterocycles.